The van der Waals surface area contributed by atoms with Crippen LogP contribution in [-0.4, -0.2) is 27.4 Å². The standard InChI is InChI=1S/C28H27N3O4S/c1-27(2,3)34-31-26-29-23(19-36-26)24(25(32)33)30-35-28(20-13-7-4-8-14-20,21-15-9-5-10-16-21)22-17-11-6-12-18-22/h4-19H,1-3H3,(H,29,31)(H,32,33)/b30-24-. The van der Waals surface area contributed by atoms with E-state index in [4.69, 9.17) is 9.68 Å². The van der Waals surface area contributed by atoms with E-state index in [0.717, 1.165) is 16.7 Å². The van der Waals surface area contributed by atoms with E-state index in [1.165, 1.54) is 11.3 Å². The molecular weight excluding hydrogens is 474 g/mol. The zero-order valence-corrected chi connectivity index (χ0v) is 21.0. The van der Waals surface area contributed by atoms with E-state index in [0.29, 0.717) is 5.13 Å². The Bertz CT molecular complexity index is 1220. The molecule has 3 aromatic carbocycles. The number of aromatic nitrogens is 1. The fraction of sp³-hybridized carbons (Fsp3) is 0.179. The monoisotopic (exact) mass is 501 g/mol. The molecule has 1 heterocycles. The molecule has 4 rings (SSSR count). The molecule has 8 heteroatoms. The van der Waals surface area contributed by atoms with Gasteiger partial charge in [-0.2, -0.15) is 0 Å². The van der Waals surface area contributed by atoms with E-state index >= 15 is 0 Å². The zero-order chi connectivity index (χ0) is 25.6. The first-order valence-electron chi connectivity index (χ1n) is 11.4. The summed E-state index contributed by atoms with van der Waals surface area (Å²) in [5.41, 5.74) is 3.37. The van der Waals surface area contributed by atoms with E-state index in [1.807, 2.05) is 112 Å². The van der Waals surface area contributed by atoms with Gasteiger partial charge in [0, 0.05) is 22.1 Å². The second kappa shape index (κ2) is 10.7. The Morgan fingerprint density at radius 3 is 1.75 bits per heavy atom. The number of carbonyl (C=O) groups is 1. The lowest BCUT2D eigenvalue weighted by Crippen LogP contribution is -2.32. The Morgan fingerprint density at radius 2 is 1.33 bits per heavy atom. The van der Waals surface area contributed by atoms with Gasteiger partial charge in [-0.3, -0.25) is 4.84 Å². The Balaban J connectivity index is 1.81. The Morgan fingerprint density at radius 1 is 0.861 bits per heavy atom. The van der Waals surface area contributed by atoms with E-state index in [2.05, 4.69) is 15.6 Å². The molecule has 0 bridgehead atoms. The van der Waals surface area contributed by atoms with Gasteiger partial charge in [0.25, 0.3) is 0 Å². The predicted octanol–water partition coefficient (Wildman–Crippen LogP) is 6.08. The molecule has 0 saturated heterocycles. The largest absolute Gasteiger partial charge is 0.476 e. The van der Waals surface area contributed by atoms with E-state index < -0.39 is 17.2 Å². The van der Waals surface area contributed by atoms with Crippen molar-refractivity contribution in [1.82, 2.24) is 4.98 Å². The number of thiazole rings is 1. The van der Waals surface area contributed by atoms with Gasteiger partial charge in [-0.05, 0) is 20.8 Å². The zero-order valence-electron chi connectivity index (χ0n) is 20.2. The number of hydrogen-bond donors (Lipinski definition) is 2. The van der Waals surface area contributed by atoms with Crippen LogP contribution in [0.4, 0.5) is 5.13 Å². The molecule has 0 unspecified atom stereocenters. The summed E-state index contributed by atoms with van der Waals surface area (Å²) in [6, 6.07) is 28.8. The van der Waals surface area contributed by atoms with Gasteiger partial charge in [0.2, 0.25) is 16.4 Å². The first-order chi connectivity index (χ1) is 17.3. The topological polar surface area (TPSA) is 93.0 Å². The molecule has 0 aliphatic carbocycles. The maximum atomic E-state index is 12.3. The third kappa shape index (κ3) is 5.62. The Hall–Kier alpha value is -4.01. The van der Waals surface area contributed by atoms with Crippen molar-refractivity contribution in [2.24, 2.45) is 5.16 Å². The number of anilines is 1. The minimum Gasteiger partial charge on any atom is -0.476 e. The summed E-state index contributed by atoms with van der Waals surface area (Å²) in [6.07, 6.45) is 0. The highest BCUT2D eigenvalue weighted by atomic mass is 32.1. The third-order valence-corrected chi connectivity index (χ3v) is 5.95. The number of oxime groups is 1. The molecule has 2 N–H and O–H groups in total. The average Bonchev–Trinajstić information content (AvgIpc) is 3.35. The highest BCUT2D eigenvalue weighted by Crippen LogP contribution is 2.40. The van der Waals surface area contributed by atoms with Crippen LogP contribution >= 0.6 is 11.3 Å². The van der Waals surface area contributed by atoms with Crippen molar-refractivity contribution in [3.8, 4) is 0 Å². The van der Waals surface area contributed by atoms with E-state index in [1.54, 1.807) is 5.38 Å². The summed E-state index contributed by atoms with van der Waals surface area (Å²) in [5.74, 6) is -1.26. The van der Waals surface area contributed by atoms with E-state index in [-0.39, 0.29) is 11.4 Å². The molecule has 0 saturated carbocycles. The number of benzene rings is 3. The SMILES string of the molecule is CC(C)(C)ONc1nc(/C(=N/OC(c2ccccc2)(c2ccccc2)c2ccccc2)C(=O)O)cs1. The number of rotatable bonds is 9. The first kappa shape index (κ1) is 25.1. The fourth-order valence-corrected chi connectivity index (χ4v) is 4.24. The van der Waals surface area contributed by atoms with Gasteiger partial charge in [0.1, 0.15) is 5.69 Å². The predicted molar refractivity (Wildman–Crippen MR) is 141 cm³/mol. The summed E-state index contributed by atoms with van der Waals surface area (Å²) in [5, 5.41) is 16.2. The van der Waals surface area contributed by atoms with Crippen LogP contribution in [0, 0.1) is 0 Å². The highest BCUT2D eigenvalue weighted by molar-refractivity contribution is 7.13. The molecular formula is C28H27N3O4S. The number of carboxylic acids is 1. The van der Waals surface area contributed by atoms with Crippen molar-refractivity contribution in [3.63, 3.8) is 0 Å². The van der Waals surface area contributed by atoms with Gasteiger partial charge in [-0.1, -0.05) is 96.2 Å². The number of hydrogen-bond acceptors (Lipinski definition) is 7. The van der Waals surface area contributed by atoms with Crippen LogP contribution in [0.25, 0.3) is 0 Å². The Kier molecular flexibility index (Phi) is 7.47. The van der Waals surface area contributed by atoms with Crippen LogP contribution in [-0.2, 0) is 20.1 Å². The van der Waals surface area contributed by atoms with Crippen LogP contribution in [0.2, 0.25) is 0 Å². The molecule has 7 nitrogen and oxygen atoms in total. The molecule has 0 aliphatic heterocycles. The summed E-state index contributed by atoms with van der Waals surface area (Å²) >= 11 is 1.21. The Labute approximate surface area is 214 Å². The summed E-state index contributed by atoms with van der Waals surface area (Å²) in [6.45, 7) is 5.68. The van der Waals surface area contributed by atoms with Gasteiger partial charge in [0.15, 0.2) is 0 Å². The van der Waals surface area contributed by atoms with Crippen molar-refractivity contribution in [2.75, 3.05) is 5.48 Å². The van der Waals surface area contributed by atoms with Crippen molar-refractivity contribution < 1.29 is 19.6 Å². The fourth-order valence-electron chi connectivity index (χ4n) is 3.61. The minimum atomic E-state index is -1.26. The lowest BCUT2D eigenvalue weighted by atomic mass is 9.80. The molecule has 0 fully saturated rings. The summed E-state index contributed by atoms with van der Waals surface area (Å²) in [7, 11) is 0. The van der Waals surface area contributed by atoms with Crippen LogP contribution < -0.4 is 5.48 Å². The average molecular weight is 502 g/mol. The van der Waals surface area contributed by atoms with Crippen LogP contribution in [0.3, 0.4) is 0 Å². The molecule has 0 atom stereocenters. The van der Waals surface area contributed by atoms with Gasteiger partial charge >= 0.3 is 5.97 Å². The first-order valence-corrected chi connectivity index (χ1v) is 12.2. The van der Waals surface area contributed by atoms with E-state index in [9.17, 15) is 9.90 Å². The molecule has 0 radical (unpaired) electrons. The maximum absolute atomic E-state index is 12.3. The third-order valence-electron chi connectivity index (χ3n) is 5.21. The molecule has 0 spiro atoms. The maximum Gasteiger partial charge on any atom is 0.360 e. The lowest BCUT2D eigenvalue weighted by molar-refractivity contribution is -0.129. The van der Waals surface area contributed by atoms with Crippen molar-refractivity contribution >= 4 is 28.1 Å². The van der Waals surface area contributed by atoms with Gasteiger partial charge in [-0.25, -0.2) is 15.3 Å². The van der Waals surface area contributed by atoms with Gasteiger partial charge < -0.3 is 9.94 Å². The molecule has 0 aliphatic rings. The molecule has 4 aromatic rings. The minimum absolute atomic E-state index is 0.163. The smallest absolute Gasteiger partial charge is 0.360 e. The second-order valence-electron chi connectivity index (χ2n) is 8.97. The van der Waals surface area contributed by atoms with Gasteiger partial charge in [-0.15, -0.1) is 11.3 Å². The second-order valence-corrected chi connectivity index (χ2v) is 9.83. The number of aliphatic carboxylic acids is 1. The molecule has 184 valence electrons. The van der Waals surface area contributed by atoms with Crippen molar-refractivity contribution in [2.45, 2.75) is 32.0 Å². The summed E-state index contributed by atoms with van der Waals surface area (Å²) < 4.78 is 0. The molecule has 0 amide bonds. The highest BCUT2D eigenvalue weighted by Gasteiger charge is 2.40. The number of nitrogens with one attached hydrogen (secondary N) is 1. The quantitative estimate of drug-likeness (QED) is 0.164. The van der Waals surface area contributed by atoms with Crippen molar-refractivity contribution in [1.29, 1.82) is 0 Å². The van der Waals surface area contributed by atoms with Gasteiger partial charge in [0.05, 0.1) is 5.60 Å². The molecule has 36 heavy (non-hydrogen) atoms. The lowest BCUT2D eigenvalue weighted by Gasteiger charge is -2.33. The van der Waals surface area contributed by atoms with Crippen molar-refractivity contribution in [3.05, 3.63) is 119 Å². The van der Waals surface area contributed by atoms with Crippen LogP contribution in [0.5, 0.6) is 0 Å². The van der Waals surface area contributed by atoms with Crippen LogP contribution in [0.15, 0.2) is 102 Å². The molecule has 1 aromatic heterocycles. The number of nitrogens with zero attached hydrogens (tertiary/aromatic N) is 2. The number of carboxylic acid groups (broad SMARTS) is 1. The normalized spacial score (nSPS) is 12.2. The van der Waals surface area contributed by atoms with Crippen LogP contribution in [0.1, 0.15) is 43.2 Å². The summed E-state index contributed by atoms with van der Waals surface area (Å²) in [4.78, 5) is 28.4.